The predicted octanol–water partition coefficient (Wildman–Crippen LogP) is 3.43. The zero-order valence-corrected chi connectivity index (χ0v) is 16.6. The Morgan fingerprint density at radius 3 is 2.19 bits per heavy atom. The minimum atomic E-state index is -1.06. The molecule has 26 heavy (non-hydrogen) atoms. The average molecular weight is 417 g/mol. The smallest absolute Gasteiger partial charge is 0.229 e. The molecule has 2 bridgehead atoms. The molecule has 4 N–H and O–H groups in total. The van der Waals surface area contributed by atoms with Crippen LogP contribution >= 0.6 is 15.9 Å². The van der Waals surface area contributed by atoms with Gasteiger partial charge in [0.1, 0.15) is 0 Å². The van der Waals surface area contributed by atoms with E-state index in [1.54, 1.807) is 0 Å². The normalized spacial score (nSPS) is 35.8. The molecule has 0 aromatic heterocycles. The summed E-state index contributed by atoms with van der Waals surface area (Å²) < 4.78 is 0.930. The fourth-order valence-corrected chi connectivity index (χ4v) is 6.53. The van der Waals surface area contributed by atoms with E-state index in [9.17, 15) is 9.59 Å². The third-order valence-electron chi connectivity index (χ3n) is 7.32. The predicted molar refractivity (Wildman–Crippen MR) is 104 cm³/mol. The number of rotatable bonds is 6. The first-order valence-electron chi connectivity index (χ1n) is 9.42. The van der Waals surface area contributed by atoms with Gasteiger partial charge in [0.2, 0.25) is 11.8 Å². The molecule has 0 heterocycles. The molecule has 2 fully saturated rings. The summed E-state index contributed by atoms with van der Waals surface area (Å²) in [7, 11) is 0. The van der Waals surface area contributed by atoms with Gasteiger partial charge < -0.3 is 11.5 Å². The van der Waals surface area contributed by atoms with Crippen LogP contribution in [0.5, 0.6) is 0 Å². The van der Waals surface area contributed by atoms with Crippen LogP contribution in [0.2, 0.25) is 0 Å². The number of hydrogen-bond acceptors (Lipinski definition) is 2. The molecule has 2 saturated carbocycles. The van der Waals surface area contributed by atoms with Crippen LogP contribution in [-0.4, -0.2) is 11.8 Å². The number of hydrogen-bond donors (Lipinski definition) is 2. The van der Waals surface area contributed by atoms with Crippen LogP contribution in [0.4, 0.5) is 0 Å². The molecule has 4 nitrogen and oxygen atoms in total. The molecule has 3 aliphatic carbocycles. The number of carbonyl (C=O) groups excluding carboxylic acids is 2. The van der Waals surface area contributed by atoms with Gasteiger partial charge in [-0.15, -0.1) is 0 Å². The minimum Gasteiger partial charge on any atom is -0.369 e. The number of primary amides is 2. The Morgan fingerprint density at radius 2 is 1.69 bits per heavy atom. The lowest BCUT2D eigenvalue weighted by molar-refractivity contribution is -0.143. The first kappa shape index (κ1) is 17.8. The van der Waals surface area contributed by atoms with Crippen LogP contribution in [0.1, 0.15) is 44.6 Å². The Bertz CT molecular complexity index is 799. The second-order valence-electron chi connectivity index (χ2n) is 8.19. The second-order valence-corrected chi connectivity index (χ2v) is 9.11. The molecule has 3 aliphatic rings. The highest BCUT2D eigenvalue weighted by Crippen LogP contribution is 2.80. The molecule has 0 unspecified atom stereocenters. The quantitative estimate of drug-likeness (QED) is 0.695. The van der Waals surface area contributed by atoms with Crippen molar-refractivity contribution in [2.45, 2.75) is 44.4 Å². The molecule has 1 aromatic rings. The van der Waals surface area contributed by atoms with Crippen LogP contribution in [0, 0.1) is 22.7 Å². The van der Waals surface area contributed by atoms with Crippen molar-refractivity contribution in [2.75, 3.05) is 0 Å². The number of nitrogens with two attached hydrogens (primary N) is 2. The molecule has 138 valence electrons. The summed E-state index contributed by atoms with van der Waals surface area (Å²) in [5, 5.41) is 0. The van der Waals surface area contributed by atoms with E-state index in [1.165, 1.54) is 0 Å². The molecule has 5 heteroatoms. The van der Waals surface area contributed by atoms with Gasteiger partial charge in [-0.05, 0) is 48.3 Å². The van der Waals surface area contributed by atoms with Crippen LogP contribution < -0.4 is 11.5 Å². The number of benzene rings is 1. The molecule has 4 rings (SSSR count). The highest BCUT2D eigenvalue weighted by molar-refractivity contribution is 9.10. The molecule has 4 atom stereocenters. The Hall–Kier alpha value is -1.62. The zero-order chi connectivity index (χ0) is 18.7. The van der Waals surface area contributed by atoms with E-state index in [1.807, 2.05) is 24.3 Å². The van der Waals surface area contributed by atoms with Crippen LogP contribution in [0.15, 0.2) is 40.9 Å². The number of halogens is 1. The number of carbonyl (C=O) groups is 2. The fourth-order valence-electron chi connectivity index (χ4n) is 6.26. The summed E-state index contributed by atoms with van der Waals surface area (Å²) in [5.41, 5.74) is 11.0. The summed E-state index contributed by atoms with van der Waals surface area (Å²) in [4.78, 5) is 26.2. The maximum Gasteiger partial charge on any atom is 0.229 e. The summed E-state index contributed by atoms with van der Waals surface area (Å²) in [6.07, 6.45) is 8.74. The highest BCUT2D eigenvalue weighted by atomic mass is 79.9. The monoisotopic (exact) mass is 416 g/mol. The van der Waals surface area contributed by atoms with Gasteiger partial charge in [-0.25, -0.2) is 0 Å². The summed E-state index contributed by atoms with van der Waals surface area (Å²) in [6.45, 7) is 2.09. The molecule has 0 aliphatic heterocycles. The fraction of sp³-hybridized carbons (Fsp3) is 0.524. The van der Waals surface area contributed by atoms with Crippen LogP contribution in [-0.2, 0) is 15.0 Å². The van der Waals surface area contributed by atoms with Crippen molar-refractivity contribution in [3.05, 3.63) is 46.5 Å². The third-order valence-corrected chi connectivity index (χ3v) is 7.84. The zero-order valence-electron chi connectivity index (χ0n) is 15.0. The topological polar surface area (TPSA) is 86.2 Å². The molecule has 0 saturated heterocycles. The Balaban J connectivity index is 2.03. The maximum atomic E-state index is 13.2. The van der Waals surface area contributed by atoms with Crippen molar-refractivity contribution < 1.29 is 9.59 Å². The average Bonchev–Trinajstić information content (AvgIpc) is 3.27. The van der Waals surface area contributed by atoms with Gasteiger partial charge in [-0.1, -0.05) is 60.0 Å². The number of amides is 2. The number of allylic oxidation sites excluding steroid dienone is 2. The SMILES string of the molecule is CCCC[C@@]1(C(N)=O)[C@@H]2C=C[C@@H](C23CC3)[C@@]1(C(N)=O)c1ccc(Br)cc1. The van der Waals surface area contributed by atoms with E-state index in [2.05, 4.69) is 35.0 Å². The van der Waals surface area contributed by atoms with Gasteiger partial charge in [-0.2, -0.15) is 0 Å². The van der Waals surface area contributed by atoms with Gasteiger partial charge >= 0.3 is 0 Å². The Morgan fingerprint density at radius 1 is 1.08 bits per heavy atom. The molecule has 2 amide bonds. The lowest BCUT2D eigenvalue weighted by Crippen LogP contribution is -2.62. The van der Waals surface area contributed by atoms with E-state index < -0.39 is 16.7 Å². The lowest BCUT2D eigenvalue weighted by atomic mass is 9.52. The van der Waals surface area contributed by atoms with Crippen LogP contribution in [0.25, 0.3) is 0 Å². The van der Waals surface area contributed by atoms with Gasteiger partial charge in [0.25, 0.3) is 0 Å². The van der Waals surface area contributed by atoms with Gasteiger partial charge in [0, 0.05) is 10.4 Å². The molecular formula is C21H25BrN2O2. The molecule has 1 spiro atoms. The van der Waals surface area contributed by atoms with Crippen molar-refractivity contribution in [1.82, 2.24) is 0 Å². The summed E-state index contributed by atoms with van der Waals surface area (Å²) >= 11 is 3.46. The Labute approximate surface area is 162 Å². The van der Waals surface area contributed by atoms with Crippen molar-refractivity contribution in [1.29, 1.82) is 0 Å². The summed E-state index contributed by atoms with van der Waals surface area (Å²) in [6, 6.07) is 7.70. The molecule has 1 aromatic carbocycles. The minimum absolute atomic E-state index is 0.000182. The van der Waals surface area contributed by atoms with Gasteiger partial charge in [0.05, 0.1) is 10.8 Å². The van der Waals surface area contributed by atoms with E-state index in [4.69, 9.17) is 11.5 Å². The molecule has 0 radical (unpaired) electrons. The first-order chi connectivity index (χ1) is 12.4. The highest BCUT2D eigenvalue weighted by Gasteiger charge is 2.82. The largest absolute Gasteiger partial charge is 0.369 e. The van der Waals surface area contributed by atoms with Crippen molar-refractivity contribution in [3.63, 3.8) is 0 Å². The van der Waals surface area contributed by atoms with E-state index in [-0.39, 0.29) is 23.2 Å². The van der Waals surface area contributed by atoms with E-state index in [0.717, 1.165) is 35.7 Å². The van der Waals surface area contributed by atoms with E-state index >= 15 is 0 Å². The van der Waals surface area contributed by atoms with Gasteiger partial charge in [0.15, 0.2) is 0 Å². The van der Waals surface area contributed by atoms with Crippen LogP contribution in [0.3, 0.4) is 0 Å². The van der Waals surface area contributed by atoms with E-state index in [0.29, 0.717) is 6.42 Å². The maximum absolute atomic E-state index is 13.2. The van der Waals surface area contributed by atoms with Crippen molar-refractivity contribution >= 4 is 27.7 Å². The molecular weight excluding hydrogens is 392 g/mol. The third kappa shape index (κ3) is 1.85. The van der Waals surface area contributed by atoms with Crippen molar-refractivity contribution in [3.8, 4) is 0 Å². The number of unbranched alkanes of at least 4 members (excludes halogenated alkanes) is 1. The first-order valence-corrected chi connectivity index (χ1v) is 10.2. The standard InChI is InChI=1S/C21H25BrN2O2/c1-2-3-10-20(17(23)25)15-8-9-16(19(15)11-12-19)21(20,18(24)26)13-4-6-14(22)7-5-13/h4-9,15-16H,2-3,10-12H2,1H3,(H2,23,25)(H2,24,26)/t15-,16+,20+,21-/m1/s1. The lowest BCUT2D eigenvalue weighted by Gasteiger charge is -2.48. The Kier molecular flexibility index (Phi) is 3.89. The summed E-state index contributed by atoms with van der Waals surface area (Å²) in [5.74, 6) is -0.850. The second kappa shape index (κ2) is 5.69. The van der Waals surface area contributed by atoms with Gasteiger partial charge in [-0.3, -0.25) is 9.59 Å². The van der Waals surface area contributed by atoms with Crippen molar-refractivity contribution in [2.24, 2.45) is 34.1 Å².